The number of carbonyl (C=O) groups excluding carboxylic acids is 1. The fraction of sp³-hybridized carbons (Fsp3) is 0. The Bertz CT molecular complexity index is 294. The third kappa shape index (κ3) is 1.43. The predicted molar refractivity (Wildman–Crippen MR) is 43.3 cm³/mol. The fourth-order valence-electron chi connectivity index (χ4n) is 0.818. The average Bonchev–Trinajstić information content (AvgIpc) is 2.04. The Morgan fingerprint density at radius 1 is 1.45 bits per heavy atom. The first-order chi connectivity index (χ1) is 5.27. The molecule has 56 valence electrons. The highest BCUT2D eigenvalue weighted by Gasteiger charge is 1.98. The highest BCUT2D eigenvalue weighted by Crippen LogP contribution is 2.09. The van der Waals surface area contributed by atoms with Gasteiger partial charge in [-0.2, -0.15) is 0 Å². The van der Waals surface area contributed by atoms with Gasteiger partial charge in [-0.1, -0.05) is 6.07 Å². The maximum atomic E-state index is 10.3. The molecule has 0 saturated carbocycles. The highest BCUT2D eigenvalue weighted by atomic mass is 16.1. The van der Waals surface area contributed by atoms with Gasteiger partial charge in [0.05, 0.1) is 5.56 Å². The average molecular weight is 149 g/mol. The van der Waals surface area contributed by atoms with E-state index in [0.717, 1.165) is 11.8 Å². The standard InChI is InChI=1S/C8H8N2O/c9-4-7-2-1-6(5-11)3-8(7)10/h1-5,9H,10H2/p+1. The van der Waals surface area contributed by atoms with Crippen molar-refractivity contribution in [2.45, 2.75) is 0 Å². The van der Waals surface area contributed by atoms with Crippen LogP contribution in [0.15, 0.2) is 18.2 Å². The summed E-state index contributed by atoms with van der Waals surface area (Å²) in [6.45, 7) is 0. The minimum absolute atomic E-state index is 0.525. The largest absolute Gasteiger partial charge is 0.398 e. The zero-order chi connectivity index (χ0) is 8.27. The summed E-state index contributed by atoms with van der Waals surface area (Å²) in [5.41, 5.74) is 7.37. The van der Waals surface area contributed by atoms with Crippen LogP contribution in [0.4, 0.5) is 5.69 Å². The molecule has 0 spiro atoms. The molecule has 0 heterocycles. The smallest absolute Gasteiger partial charge is 0.169 e. The Morgan fingerprint density at radius 3 is 2.64 bits per heavy atom. The predicted octanol–water partition coefficient (Wildman–Crippen LogP) is -0.741. The van der Waals surface area contributed by atoms with Gasteiger partial charge in [-0.15, -0.1) is 0 Å². The molecule has 0 saturated heterocycles. The van der Waals surface area contributed by atoms with E-state index >= 15 is 0 Å². The van der Waals surface area contributed by atoms with Gasteiger partial charge in [0, 0.05) is 11.3 Å². The molecular formula is C8H9N2O+. The van der Waals surface area contributed by atoms with Gasteiger partial charge in [-0.25, -0.2) is 0 Å². The van der Waals surface area contributed by atoms with Gasteiger partial charge >= 0.3 is 0 Å². The lowest BCUT2D eigenvalue weighted by Crippen LogP contribution is -2.30. The van der Waals surface area contributed by atoms with Crippen molar-refractivity contribution in [3.63, 3.8) is 0 Å². The van der Waals surface area contributed by atoms with Crippen molar-refractivity contribution in [3.05, 3.63) is 29.3 Å². The fourth-order valence-corrected chi connectivity index (χ4v) is 0.818. The Balaban J connectivity index is 3.18. The number of nitrogen functional groups attached to an aromatic ring is 1. The van der Waals surface area contributed by atoms with Crippen LogP contribution in [-0.4, -0.2) is 12.5 Å². The number of aldehydes is 1. The van der Waals surface area contributed by atoms with Crippen LogP contribution in [0, 0.1) is 0 Å². The molecule has 0 bridgehead atoms. The number of carbonyl (C=O) groups is 1. The van der Waals surface area contributed by atoms with Gasteiger partial charge in [-0.05, 0) is 12.1 Å². The van der Waals surface area contributed by atoms with E-state index in [9.17, 15) is 4.79 Å². The SMILES string of the molecule is Nc1cc(C=O)ccc1C=[NH2+]. The van der Waals surface area contributed by atoms with Gasteiger partial charge in [0.15, 0.2) is 6.21 Å². The minimum Gasteiger partial charge on any atom is -0.398 e. The number of hydrogen-bond donors (Lipinski definition) is 2. The molecule has 0 fully saturated rings. The van der Waals surface area contributed by atoms with E-state index in [-0.39, 0.29) is 0 Å². The summed E-state index contributed by atoms with van der Waals surface area (Å²) in [6.07, 6.45) is 2.15. The Labute approximate surface area is 64.3 Å². The molecule has 1 rings (SSSR count). The topological polar surface area (TPSA) is 68.7 Å². The van der Waals surface area contributed by atoms with Crippen molar-refractivity contribution in [2.24, 2.45) is 0 Å². The van der Waals surface area contributed by atoms with Crippen LogP contribution in [0.25, 0.3) is 0 Å². The first kappa shape index (κ1) is 7.47. The van der Waals surface area contributed by atoms with E-state index in [2.05, 4.69) is 0 Å². The molecule has 0 amide bonds. The summed E-state index contributed by atoms with van der Waals surface area (Å²) in [5, 5.41) is 5.25. The molecule has 0 aliphatic rings. The van der Waals surface area contributed by atoms with Crippen molar-refractivity contribution in [2.75, 3.05) is 5.73 Å². The van der Waals surface area contributed by atoms with Crippen LogP contribution >= 0.6 is 0 Å². The van der Waals surface area contributed by atoms with Gasteiger partial charge in [-0.3, -0.25) is 10.2 Å². The number of nitrogens with two attached hydrogens (primary N) is 2. The zero-order valence-corrected chi connectivity index (χ0v) is 5.95. The van der Waals surface area contributed by atoms with Crippen LogP contribution < -0.4 is 11.1 Å². The van der Waals surface area contributed by atoms with Gasteiger partial charge in [0.1, 0.15) is 6.29 Å². The van der Waals surface area contributed by atoms with E-state index in [1.807, 2.05) is 0 Å². The minimum atomic E-state index is 0.525. The maximum Gasteiger partial charge on any atom is 0.169 e. The van der Waals surface area contributed by atoms with Crippen LogP contribution in [0.3, 0.4) is 0 Å². The molecule has 4 N–H and O–H groups in total. The molecule has 1 aromatic carbocycles. The summed E-state index contributed by atoms with van der Waals surface area (Å²) in [7, 11) is 0. The van der Waals surface area contributed by atoms with Crippen LogP contribution in [0.2, 0.25) is 0 Å². The highest BCUT2D eigenvalue weighted by molar-refractivity contribution is 5.86. The van der Waals surface area contributed by atoms with Crippen molar-refractivity contribution < 1.29 is 10.2 Å². The summed E-state index contributed by atoms with van der Waals surface area (Å²) < 4.78 is 0. The Hall–Kier alpha value is -1.64. The molecule has 3 nitrogen and oxygen atoms in total. The Kier molecular flexibility index (Phi) is 2.01. The maximum absolute atomic E-state index is 10.3. The number of hydrogen-bond acceptors (Lipinski definition) is 2. The molecule has 0 aromatic heterocycles. The van der Waals surface area contributed by atoms with E-state index in [1.165, 1.54) is 6.21 Å². The molecule has 0 atom stereocenters. The second-order valence-corrected chi connectivity index (χ2v) is 2.17. The van der Waals surface area contributed by atoms with E-state index in [1.54, 1.807) is 18.2 Å². The molecule has 0 aliphatic carbocycles. The summed E-state index contributed by atoms with van der Waals surface area (Å²) >= 11 is 0. The van der Waals surface area contributed by atoms with Crippen molar-refractivity contribution in [3.8, 4) is 0 Å². The van der Waals surface area contributed by atoms with Gasteiger partial charge in [0.25, 0.3) is 0 Å². The number of benzene rings is 1. The van der Waals surface area contributed by atoms with Crippen LogP contribution in [0.1, 0.15) is 15.9 Å². The quantitative estimate of drug-likeness (QED) is 0.330. The number of anilines is 1. The Morgan fingerprint density at radius 2 is 2.18 bits per heavy atom. The lowest BCUT2D eigenvalue weighted by Gasteiger charge is -1.96. The third-order valence-corrected chi connectivity index (χ3v) is 1.43. The van der Waals surface area contributed by atoms with Crippen LogP contribution in [0.5, 0.6) is 0 Å². The van der Waals surface area contributed by atoms with E-state index < -0.39 is 0 Å². The van der Waals surface area contributed by atoms with Crippen molar-refractivity contribution in [1.29, 1.82) is 0 Å². The molecule has 11 heavy (non-hydrogen) atoms. The van der Waals surface area contributed by atoms with Gasteiger partial charge < -0.3 is 5.73 Å². The molecule has 3 heteroatoms. The summed E-state index contributed by atoms with van der Waals surface area (Å²) in [4.78, 5) is 10.3. The summed E-state index contributed by atoms with van der Waals surface area (Å²) in [5.74, 6) is 0. The second-order valence-electron chi connectivity index (χ2n) is 2.17. The van der Waals surface area contributed by atoms with E-state index in [4.69, 9.17) is 11.1 Å². The van der Waals surface area contributed by atoms with Crippen molar-refractivity contribution >= 4 is 18.2 Å². The molecule has 0 unspecified atom stereocenters. The lowest BCUT2D eigenvalue weighted by molar-refractivity contribution is -0.104. The first-order valence-electron chi connectivity index (χ1n) is 3.17. The third-order valence-electron chi connectivity index (χ3n) is 1.43. The summed E-state index contributed by atoms with van der Waals surface area (Å²) in [6, 6.07) is 4.97. The van der Waals surface area contributed by atoms with E-state index in [0.29, 0.717) is 11.3 Å². The normalized spacial score (nSPS) is 9.09. The van der Waals surface area contributed by atoms with Crippen molar-refractivity contribution in [1.82, 2.24) is 0 Å². The molecule has 0 radical (unpaired) electrons. The second kappa shape index (κ2) is 2.96. The van der Waals surface area contributed by atoms with Gasteiger partial charge in [0.2, 0.25) is 0 Å². The number of rotatable bonds is 2. The monoisotopic (exact) mass is 149 g/mol. The van der Waals surface area contributed by atoms with Crippen LogP contribution in [-0.2, 0) is 0 Å². The molecular weight excluding hydrogens is 140 g/mol. The molecule has 0 aliphatic heterocycles. The zero-order valence-electron chi connectivity index (χ0n) is 5.95. The molecule has 1 aromatic rings. The first-order valence-corrected chi connectivity index (χ1v) is 3.17. The lowest BCUT2D eigenvalue weighted by atomic mass is 10.1.